The first-order chi connectivity index (χ1) is 12.1. The van der Waals surface area contributed by atoms with Crippen LogP contribution in [0.4, 0.5) is 0 Å². The minimum atomic E-state index is -0.450. The van der Waals surface area contributed by atoms with E-state index in [1.165, 1.54) is 0 Å². The van der Waals surface area contributed by atoms with Crippen LogP contribution in [0.5, 0.6) is 5.75 Å². The first kappa shape index (κ1) is 17.0. The number of cyclic esters (lactones) is 1. The van der Waals surface area contributed by atoms with Gasteiger partial charge in [0.25, 0.3) is 0 Å². The molecule has 0 N–H and O–H groups in total. The molecule has 128 valence electrons. The molecule has 1 heterocycles. The highest BCUT2D eigenvalue weighted by atomic mass is 16.6. The Morgan fingerprint density at radius 2 is 1.88 bits per heavy atom. The number of hydrogen-bond donors (Lipinski definition) is 0. The lowest BCUT2D eigenvalue weighted by molar-refractivity contribution is -0.129. The second-order valence-electron chi connectivity index (χ2n) is 6.08. The van der Waals surface area contributed by atoms with Gasteiger partial charge in [0.05, 0.1) is 6.10 Å². The number of esters is 1. The molecule has 0 saturated heterocycles. The van der Waals surface area contributed by atoms with Crippen LogP contribution in [0.1, 0.15) is 37.0 Å². The number of carbonyl (C=O) groups is 1. The lowest BCUT2D eigenvalue weighted by atomic mass is 10.1. The van der Waals surface area contributed by atoms with E-state index in [0.717, 1.165) is 28.9 Å². The standard InChI is InChI=1S/C21H21NO3/c1-4-15(3)24-19-8-6-5-7-17(19)13-18-21(23)25-20(22-18)16-11-9-14(2)10-12-16/h5-13,15H,4H2,1-3H3/b18-13-. The highest BCUT2D eigenvalue weighted by Gasteiger charge is 2.24. The fraction of sp³-hybridized carbons (Fsp3) is 0.238. The van der Waals surface area contributed by atoms with Crippen molar-refractivity contribution in [2.24, 2.45) is 4.99 Å². The number of rotatable bonds is 5. The average Bonchev–Trinajstić information content (AvgIpc) is 2.98. The molecule has 0 saturated carbocycles. The molecule has 1 aliphatic heterocycles. The van der Waals surface area contributed by atoms with Gasteiger partial charge < -0.3 is 9.47 Å². The van der Waals surface area contributed by atoms with Gasteiger partial charge in [-0.05, 0) is 44.5 Å². The number of ether oxygens (including phenoxy) is 2. The van der Waals surface area contributed by atoms with Gasteiger partial charge in [-0.3, -0.25) is 0 Å². The lowest BCUT2D eigenvalue weighted by Gasteiger charge is -2.14. The quantitative estimate of drug-likeness (QED) is 0.596. The fourth-order valence-corrected chi connectivity index (χ4v) is 2.38. The van der Waals surface area contributed by atoms with Crippen LogP contribution in [0.15, 0.2) is 59.2 Å². The summed E-state index contributed by atoms with van der Waals surface area (Å²) in [6, 6.07) is 15.3. The van der Waals surface area contributed by atoms with Crippen molar-refractivity contribution in [1.29, 1.82) is 0 Å². The molecule has 3 rings (SSSR count). The van der Waals surface area contributed by atoms with Gasteiger partial charge in [0, 0.05) is 11.1 Å². The van der Waals surface area contributed by atoms with Gasteiger partial charge >= 0.3 is 5.97 Å². The van der Waals surface area contributed by atoms with Gasteiger partial charge in [-0.2, -0.15) is 0 Å². The Bertz CT molecular complexity index is 834. The van der Waals surface area contributed by atoms with Gasteiger partial charge in [-0.1, -0.05) is 42.8 Å². The molecular weight excluding hydrogens is 314 g/mol. The molecule has 0 aromatic heterocycles. The van der Waals surface area contributed by atoms with Crippen LogP contribution in [0.25, 0.3) is 6.08 Å². The average molecular weight is 335 g/mol. The van der Waals surface area contributed by atoms with Gasteiger partial charge in [0.15, 0.2) is 5.70 Å². The topological polar surface area (TPSA) is 47.9 Å². The molecule has 0 fully saturated rings. The zero-order valence-electron chi connectivity index (χ0n) is 14.7. The molecule has 0 amide bonds. The Labute approximate surface area is 147 Å². The predicted molar refractivity (Wildman–Crippen MR) is 98.6 cm³/mol. The number of benzene rings is 2. The summed E-state index contributed by atoms with van der Waals surface area (Å²) in [7, 11) is 0. The maximum Gasteiger partial charge on any atom is 0.363 e. The highest BCUT2D eigenvalue weighted by Crippen LogP contribution is 2.25. The van der Waals surface area contributed by atoms with Crippen molar-refractivity contribution in [3.63, 3.8) is 0 Å². The number of para-hydroxylation sites is 1. The van der Waals surface area contributed by atoms with E-state index in [4.69, 9.17) is 9.47 Å². The number of carbonyl (C=O) groups excluding carboxylic acids is 1. The minimum Gasteiger partial charge on any atom is -0.490 e. The number of aryl methyl sites for hydroxylation is 1. The zero-order chi connectivity index (χ0) is 17.8. The van der Waals surface area contributed by atoms with E-state index in [1.807, 2.05) is 62.4 Å². The number of aliphatic imine (C=N–C) groups is 1. The normalized spacial score (nSPS) is 16.5. The molecule has 1 unspecified atom stereocenters. The second kappa shape index (κ2) is 7.34. The number of hydrogen-bond acceptors (Lipinski definition) is 4. The zero-order valence-corrected chi connectivity index (χ0v) is 14.7. The maximum atomic E-state index is 12.2. The largest absolute Gasteiger partial charge is 0.490 e. The molecule has 0 bridgehead atoms. The second-order valence-corrected chi connectivity index (χ2v) is 6.08. The van der Waals surface area contributed by atoms with Crippen LogP contribution in [-0.2, 0) is 9.53 Å². The number of nitrogens with zero attached hydrogens (tertiary/aromatic N) is 1. The van der Waals surface area contributed by atoms with Crippen molar-refractivity contribution in [2.45, 2.75) is 33.3 Å². The Balaban J connectivity index is 1.91. The Morgan fingerprint density at radius 1 is 1.16 bits per heavy atom. The minimum absolute atomic E-state index is 0.0988. The lowest BCUT2D eigenvalue weighted by Crippen LogP contribution is -2.10. The van der Waals surface area contributed by atoms with Crippen molar-refractivity contribution in [2.75, 3.05) is 0 Å². The summed E-state index contributed by atoms with van der Waals surface area (Å²) < 4.78 is 11.2. The third kappa shape index (κ3) is 3.97. The van der Waals surface area contributed by atoms with Gasteiger partial charge in [-0.25, -0.2) is 9.79 Å². The van der Waals surface area contributed by atoms with Gasteiger partial charge in [0.1, 0.15) is 5.75 Å². The highest BCUT2D eigenvalue weighted by molar-refractivity contribution is 6.12. The van der Waals surface area contributed by atoms with E-state index >= 15 is 0 Å². The van der Waals surface area contributed by atoms with E-state index in [1.54, 1.807) is 6.08 Å². The van der Waals surface area contributed by atoms with E-state index in [2.05, 4.69) is 11.9 Å². The van der Waals surface area contributed by atoms with Crippen LogP contribution in [0.3, 0.4) is 0 Å². The third-order valence-electron chi connectivity index (χ3n) is 4.03. The maximum absolute atomic E-state index is 12.2. The van der Waals surface area contributed by atoms with Crippen molar-refractivity contribution in [3.8, 4) is 5.75 Å². The summed E-state index contributed by atoms with van der Waals surface area (Å²) in [6.45, 7) is 6.09. The Hall–Kier alpha value is -2.88. The smallest absolute Gasteiger partial charge is 0.363 e. The van der Waals surface area contributed by atoms with E-state index in [-0.39, 0.29) is 11.8 Å². The molecule has 2 aromatic rings. The monoisotopic (exact) mass is 335 g/mol. The van der Waals surface area contributed by atoms with Crippen LogP contribution < -0.4 is 4.74 Å². The SMILES string of the molecule is CCC(C)Oc1ccccc1/C=C1\N=C(c2ccc(C)cc2)OC1=O. The fourth-order valence-electron chi connectivity index (χ4n) is 2.38. The summed E-state index contributed by atoms with van der Waals surface area (Å²) in [4.78, 5) is 16.5. The molecular formula is C21H21NO3. The predicted octanol–water partition coefficient (Wildman–Crippen LogP) is 4.52. The summed E-state index contributed by atoms with van der Waals surface area (Å²) in [5.74, 6) is 0.613. The van der Waals surface area contributed by atoms with E-state index in [9.17, 15) is 4.79 Å². The summed E-state index contributed by atoms with van der Waals surface area (Å²) in [5.41, 5.74) is 3.01. The van der Waals surface area contributed by atoms with Crippen LogP contribution >= 0.6 is 0 Å². The van der Waals surface area contributed by atoms with Crippen molar-refractivity contribution in [1.82, 2.24) is 0 Å². The van der Waals surface area contributed by atoms with Gasteiger partial charge in [0.2, 0.25) is 5.90 Å². The first-order valence-corrected chi connectivity index (χ1v) is 8.42. The molecule has 4 heteroatoms. The molecule has 2 aromatic carbocycles. The van der Waals surface area contributed by atoms with Crippen LogP contribution in [0.2, 0.25) is 0 Å². The summed E-state index contributed by atoms with van der Waals surface area (Å²) in [6.07, 6.45) is 2.71. The third-order valence-corrected chi connectivity index (χ3v) is 4.03. The first-order valence-electron chi connectivity index (χ1n) is 8.42. The van der Waals surface area contributed by atoms with Gasteiger partial charge in [-0.15, -0.1) is 0 Å². The Kier molecular flexibility index (Phi) is 4.98. The molecule has 1 atom stereocenters. The molecule has 1 aliphatic rings. The Morgan fingerprint density at radius 3 is 2.60 bits per heavy atom. The van der Waals surface area contributed by atoms with Crippen molar-refractivity contribution in [3.05, 3.63) is 70.9 Å². The summed E-state index contributed by atoms with van der Waals surface area (Å²) in [5, 5.41) is 0. The molecule has 0 radical (unpaired) electrons. The molecule has 0 aliphatic carbocycles. The molecule has 0 spiro atoms. The van der Waals surface area contributed by atoms with Crippen LogP contribution in [-0.4, -0.2) is 18.0 Å². The van der Waals surface area contributed by atoms with Crippen LogP contribution in [0, 0.1) is 6.92 Å². The van der Waals surface area contributed by atoms with E-state index < -0.39 is 5.97 Å². The van der Waals surface area contributed by atoms with E-state index in [0.29, 0.717) is 5.90 Å². The summed E-state index contributed by atoms with van der Waals surface area (Å²) >= 11 is 0. The molecule has 25 heavy (non-hydrogen) atoms. The molecule has 4 nitrogen and oxygen atoms in total. The van der Waals surface area contributed by atoms with Crippen molar-refractivity contribution >= 4 is 17.9 Å². The van der Waals surface area contributed by atoms with Crippen molar-refractivity contribution < 1.29 is 14.3 Å².